The van der Waals surface area contributed by atoms with Gasteiger partial charge in [0.05, 0.1) is 11.9 Å². The molecule has 0 atom stereocenters. The number of ether oxygens (including phenoxy) is 1. The van der Waals surface area contributed by atoms with E-state index in [2.05, 4.69) is 10.6 Å². The number of carbonyl (C=O) groups excluding carboxylic acids is 1. The van der Waals surface area contributed by atoms with Crippen LogP contribution < -0.4 is 10.6 Å². The van der Waals surface area contributed by atoms with Crippen molar-refractivity contribution in [2.75, 3.05) is 26.2 Å². The summed E-state index contributed by atoms with van der Waals surface area (Å²) in [5, 5.41) is 5.92. The van der Waals surface area contributed by atoms with Crippen molar-refractivity contribution in [3.8, 4) is 0 Å². The summed E-state index contributed by atoms with van der Waals surface area (Å²) >= 11 is 0. The van der Waals surface area contributed by atoms with Crippen molar-refractivity contribution >= 4 is 5.91 Å². The fourth-order valence-corrected chi connectivity index (χ4v) is 1.65. The lowest BCUT2D eigenvalue weighted by Crippen LogP contribution is -2.59. The van der Waals surface area contributed by atoms with E-state index >= 15 is 0 Å². The highest BCUT2D eigenvalue weighted by atomic mass is 16.5. The van der Waals surface area contributed by atoms with E-state index in [-0.39, 0.29) is 18.1 Å². The summed E-state index contributed by atoms with van der Waals surface area (Å²) in [7, 11) is 0. The molecule has 0 spiro atoms. The highest BCUT2D eigenvalue weighted by Gasteiger charge is 2.32. The van der Waals surface area contributed by atoms with Gasteiger partial charge in [-0.05, 0) is 19.1 Å². The van der Waals surface area contributed by atoms with E-state index in [0.717, 1.165) is 18.8 Å². The Morgan fingerprint density at radius 3 is 3.06 bits per heavy atom. The summed E-state index contributed by atoms with van der Waals surface area (Å²) in [5.41, 5.74) is -0.168. The van der Waals surface area contributed by atoms with E-state index in [9.17, 15) is 4.79 Å². The molecule has 1 aromatic rings. The number of nitrogens with one attached hydrogen (secondary N) is 2. The van der Waals surface area contributed by atoms with E-state index in [1.54, 1.807) is 6.26 Å². The van der Waals surface area contributed by atoms with Crippen molar-refractivity contribution in [3.05, 3.63) is 24.2 Å². The molecule has 2 rings (SSSR count). The van der Waals surface area contributed by atoms with Crippen LogP contribution in [0.25, 0.3) is 0 Å². The van der Waals surface area contributed by atoms with Gasteiger partial charge in [0, 0.05) is 26.1 Å². The van der Waals surface area contributed by atoms with Crippen molar-refractivity contribution in [2.24, 2.45) is 0 Å². The second kappa shape index (κ2) is 5.33. The van der Waals surface area contributed by atoms with Crippen molar-refractivity contribution in [1.29, 1.82) is 0 Å². The van der Waals surface area contributed by atoms with Gasteiger partial charge in [-0.1, -0.05) is 0 Å². The standard InChI is InChI=1S/C12H18N2O3/c1-12(8-13-9-12)17-7-11(15)14-5-4-10-3-2-6-16-10/h2-3,6,13H,4-5,7-9H2,1H3,(H,14,15). The lowest BCUT2D eigenvalue weighted by atomic mass is 10.0. The van der Waals surface area contributed by atoms with Crippen molar-refractivity contribution in [2.45, 2.75) is 18.9 Å². The van der Waals surface area contributed by atoms with E-state index in [0.29, 0.717) is 13.0 Å². The molecule has 0 bridgehead atoms. The third-order valence-electron chi connectivity index (χ3n) is 2.82. The SMILES string of the molecule is CC1(OCC(=O)NCCc2ccco2)CNC1. The number of carbonyl (C=O) groups is 1. The van der Waals surface area contributed by atoms with Crippen LogP contribution in [0.1, 0.15) is 12.7 Å². The molecular formula is C12H18N2O3. The van der Waals surface area contributed by atoms with Gasteiger partial charge in [-0.2, -0.15) is 0 Å². The Bertz CT molecular complexity index is 358. The molecule has 1 aliphatic rings. The van der Waals surface area contributed by atoms with Gasteiger partial charge in [0.2, 0.25) is 5.91 Å². The average molecular weight is 238 g/mol. The highest BCUT2D eigenvalue weighted by molar-refractivity contribution is 5.77. The van der Waals surface area contributed by atoms with Gasteiger partial charge in [0.15, 0.2) is 0 Å². The summed E-state index contributed by atoms with van der Waals surface area (Å²) in [6.45, 7) is 4.32. The third-order valence-corrected chi connectivity index (χ3v) is 2.82. The number of furan rings is 1. The lowest BCUT2D eigenvalue weighted by molar-refractivity contribution is -0.135. The zero-order chi connectivity index (χ0) is 12.1. The number of rotatable bonds is 6. The lowest BCUT2D eigenvalue weighted by Gasteiger charge is -2.38. The van der Waals surface area contributed by atoms with Crippen LogP contribution in [0, 0.1) is 0 Å². The Hall–Kier alpha value is -1.33. The van der Waals surface area contributed by atoms with Crippen LogP contribution >= 0.6 is 0 Å². The number of amides is 1. The normalized spacial score (nSPS) is 17.5. The Kier molecular flexibility index (Phi) is 3.81. The van der Waals surface area contributed by atoms with Crippen LogP contribution in [-0.4, -0.2) is 37.7 Å². The van der Waals surface area contributed by atoms with Crippen molar-refractivity contribution in [3.63, 3.8) is 0 Å². The maximum absolute atomic E-state index is 11.5. The Balaban J connectivity index is 1.58. The molecule has 1 aliphatic heterocycles. The number of hydrogen-bond acceptors (Lipinski definition) is 4. The molecule has 94 valence electrons. The molecular weight excluding hydrogens is 220 g/mol. The molecule has 2 heterocycles. The van der Waals surface area contributed by atoms with E-state index in [4.69, 9.17) is 9.15 Å². The predicted octanol–water partition coefficient (Wildman–Crippen LogP) is 0.317. The van der Waals surface area contributed by atoms with Crippen LogP contribution in [0.5, 0.6) is 0 Å². The largest absolute Gasteiger partial charge is 0.469 e. The van der Waals surface area contributed by atoms with Crippen molar-refractivity contribution < 1.29 is 13.9 Å². The molecule has 1 saturated heterocycles. The average Bonchev–Trinajstić information content (AvgIpc) is 2.77. The van der Waals surface area contributed by atoms with Crippen LogP contribution in [0.3, 0.4) is 0 Å². The molecule has 2 N–H and O–H groups in total. The van der Waals surface area contributed by atoms with Gasteiger partial charge in [0.25, 0.3) is 0 Å². The van der Waals surface area contributed by atoms with Gasteiger partial charge >= 0.3 is 0 Å². The maximum atomic E-state index is 11.5. The molecule has 0 saturated carbocycles. The summed E-state index contributed by atoms with van der Waals surface area (Å²) < 4.78 is 10.7. The maximum Gasteiger partial charge on any atom is 0.246 e. The van der Waals surface area contributed by atoms with Crippen LogP contribution in [0.2, 0.25) is 0 Å². The van der Waals surface area contributed by atoms with Gasteiger partial charge < -0.3 is 19.8 Å². The molecule has 17 heavy (non-hydrogen) atoms. The zero-order valence-corrected chi connectivity index (χ0v) is 9.99. The fourth-order valence-electron chi connectivity index (χ4n) is 1.65. The quantitative estimate of drug-likeness (QED) is 0.749. The summed E-state index contributed by atoms with van der Waals surface area (Å²) in [6, 6.07) is 3.73. The second-order valence-electron chi connectivity index (χ2n) is 4.52. The van der Waals surface area contributed by atoms with Gasteiger partial charge in [-0.3, -0.25) is 4.79 Å². The summed E-state index contributed by atoms with van der Waals surface area (Å²) in [4.78, 5) is 11.5. The Morgan fingerprint density at radius 1 is 1.65 bits per heavy atom. The summed E-state index contributed by atoms with van der Waals surface area (Å²) in [6.07, 6.45) is 2.34. The van der Waals surface area contributed by atoms with E-state index < -0.39 is 0 Å². The zero-order valence-electron chi connectivity index (χ0n) is 9.99. The van der Waals surface area contributed by atoms with Crippen LogP contribution in [-0.2, 0) is 16.0 Å². The smallest absolute Gasteiger partial charge is 0.246 e. The van der Waals surface area contributed by atoms with Crippen LogP contribution in [0.4, 0.5) is 0 Å². The molecule has 0 aromatic carbocycles. The Morgan fingerprint density at radius 2 is 2.47 bits per heavy atom. The molecule has 1 amide bonds. The Labute approximate surface area is 101 Å². The first-order chi connectivity index (χ1) is 8.18. The topological polar surface area (TPSA) is 63.5 Å². The van der Waals surface area contributed by atoms with E-state index in [1.165, 1.54) is 0 Å². The first-order valence-corrected chi connectivity index (χ1v) is 5.82. The predicted molar refractivity (Wildman–Crippen MR) is 62.6 cm³/mol. The van der Waals surface area contributed by atoms with Gasteiger partial charge in [-0.15, -0.1) is 0 Å². The minimum atomic E-state index is -0.168. The van der Waals surface area contributed by atoms with E-state index in [1.807, 2.05) is 19.1 Å². The second-order valence-corrected chi connectivity index (χ2v) is 4.52. The fraction of sp³-hybridized carbons (Fsp3) is 0.583. The first-order valence-electron chi connectivity index (χ1n) is 5.82. The minimum Gasteiger partial charge on any atom is -0.469 e. The molecule has 0 aliphatic carbocycles. The first kappa shape index (κ1) is 12.1. The number of hydrogen-bond donors (Lipinski definition) is 2. The van der Waals surface area contributed by atoms with Gasteiger partial charge in [0.1, 0.15) is 12.4 Å². The summed E-state index contributed by atoms with van der Waals surface area (Å²) in [5.74, 6) is 0.797. The molecule has 0 unspecified atom stereocenters. The van der Waals surface area contributed by atoms with Crippen molar-refractivity contribution in [1.82, 2.24) is 10.6 Å². The molecule has 5 nitrogen and oxygen atoms in total. The molecule has 5 heteroatoms. The molecule has 1 aromatic heterocycles. The monoisotopic (exact) mass is 238 g/mol. The molecule has 1 fully saturated rings. The van der Waals surface area contributed by atoms with Gasteiger partial charge in [-0.25, -0.2) is 0 Å². The van der Waals surface area contributed by atoms with Crippen LogP contribution in [0.15, 0.2) is 22.8 Å². The third kappa shape index (κ3) is 3.57. The minimum absolute atomic E-state index is 0.0790. The molecule has 0 radical (unpaired) electrons. The highest BCUT2D eigenvalue weighted by Crippen LogP contribution is 2.14.